The molecule has 31 heavy (non-hydrogen) atoms. The van der Waals surface area contributed by atoms with Crippen molar-refractivity contribution in [2.45, 2.75) is 26.4 Å². The normalized spacial score (nSPS) is 16.1. The van der Waals surface area contributed by atoms with Crippen LogP contribution in [0.15, 0.2) is 42.5 Å². The van der Waals surface area contributed by atoms with Crippen LogP contribution in [0.2, 0.25) is 0 Å². The summed E-state index contributed by atoms with van der Waals surface area (Å²) in [5.41, 5.74) is 3.52. The van der Waals surface area contributed by atoms with E-state index in [9.17, 15) is 9.90 Å². The van der Waals surface area contributed by atoms with Crippen molar-refractivity contribution in [2.75, 3.05) is 53.0 Å². The van der Waals surface area contributed by atoms with Crippen molar-refractivity contribution in [3.05, 3.63) is 59.2 Å². The Bertz CT molecular complexity index is 842. The number of aliphatic hydroxyl groups excluding tert-OH is 1. The first kappa shape index (κ1) is 23.3. The fraction of sp³-hybridized carbons (Fsp3) is 0.480. The third-order valence-corrected chi connectivity index (χ3v) is 5.85. The summed E-state index contributed by atoms with van der Waals surface area (Å²) in [6.07, 6.45) is -0.0836. The lowest BCUT2D eigenvalue weighted by molar-refractivity contribution is -0.120. The number of β-amino-alcohol motifs (C(OH)–C–C–N with tert-alkyl or cyclic N) is 1. The van der Waals surface area contributed by atoms with Crippen molar-refractivity contribution >= 4 is 5.78 Å². The molecule has 0 amide bonds. The molecule has 168 valence electrons. The molecule has 0 saturated carbocycles. The third-order valence-electron chi connectivity index (χ3n) is 5.85. The summed E-state index contributed by atoms with van der Waals surface area (Å²) in [6.45, 7) is 8.73. The van der Waals surface area contributed by atoms with Gasteiger partial charge in [-0.3, -0.25) is 14.6 Å². The minimum Gasteiger partial charge on any atom is -0.493 e. The molecule has 6 heteroatoms. The van der Waals surface area contributed by atoms with Gasteiger partial charge >= 0.3 is 0 Å². The first-order valence-electron chi connectivity index (χ1n) is 10.9. The van der Waals surface area contributed by atoms with Crippen molar-refractivity contribution in [3.63, 3.8) is 0 Å². The number of para-hydroxylation sites is 2. The van der Waals surface area contributed by atoms with Gasteiger partial charge in [0, 0.05) is 39.1 Å². The lowest BCUT2D eigenvalue weighted by Gasteiger charge is -2.35. The first-order valence-corrected chi connectivity index (χ1v) is 10.9. The second-order valence-electron chi connectivity index (χ2n) is 8.28. The molecule has 2 aromatic rings. The van der Waals surface area contributed by atoms with Crippen LogP contribution in [0.4, 0.5) is 0 Å². The zero-order chi connectivity index (χ0) is 22.2. The largest absolute Gasteiger partial charge is 0.493 e. The van der Waals surface area contributed by atoms with E-state index in [0.717, 1.165) is 31.7 Å². The predicted molar refractivity (Wildman–Crippen MR) is 122 cm³/mol. The summed E-state index contributed by atoms with van der Waals surface area (Å²) < 4.78 is 11.0. The molecule has 1 saturated heterocycles. The smallest absolute Gasteiger partial charge is 0.161 e. The number of ketones is 1. The molecule has 1 N–H and O–H groups in total. The van der Waals surface area contributed by atoms with Crippen LogP contribution in [0.5, 0.6) is 11.5 Å². The third kappa shape index (κ3) is 6.79. The average Bonchev–Trinajstić information content (AvgIpc) is 2.76. The van der Waals surface area contributed by atoms with E-state index in [0.29, 0.717) is 31.0 Å². The topological polar surface area (TPSA) is 62.2 Å². The van der Waals surface area contributed by atoms with Crippen LogP contribution in [0.3, 0.4) is 0 Å². The number of aliphatic hydroxyl groups is 1. The molecular formula is C25H34N2O4. The second kappa shape index (κ2) is 11.3. The SMILES string of the molecule is COc1ccccc1OCC(O)CN1CCN(CC(=O)Cc2c(C)cccc2C)CC1. The van der Waals surface area contributed by atoms with Crippen molar-refractivity contribution in [1.29, 1.82) is 0 Å². The molecular weight excluding hydrogens is 392 g/mol. The number of nitrogens with zero attached hydrogens (tertiary/aromatic N) is 2. The molecule has 1 aliphatic heterocycles. The number of hydrogen-bond donors (Lipinski definition) is 1. The maximum Gasteiger partial charge on any atom is 0.161 e. The lowest BCUT2D eigenvalue weighted by atomic mass is 9.98. The van der Waals surface area contributed by atoms with E-state index in [4.69, 9.17) is 9.47 Å². The van der Waals surface area contributed by atoms with Gasteiger partial charge in [0.1, 0.15) is 12.7 Å². The Labute approximate surface area is 185 Å². The number of methoxy groups -OCH3 is 1. The van der Waals surface area contributed by atoms with Gasteiger partial charge < -0.3 is 14.6 Å². The molecule has 1 aliphatic rings. The Morgan fingerprint density at radius 2 is 1.58 bits per heavy atom. The average molecular weight is 427 g/mol. The highest BCUT2D eigenvalue weighted by Gasteiger charge is 2.21. The summed E-state index contributed by atoms with van der Waals surface area (Å²) in [6, 6.07) is 13.6. The highest BCUT2D eigenvalue weighted by atomic mass is 16.5. The Hall–Kier alpha value is -2.41. The molecule has 1 unspecified atom stereocenters. The molecule has 3 rings (SSSR count). The van der Waals surface area contributed by atoms with Gasteiger partial charge in [0.25, 0.3) is 0 Å². The Kier molecular flexibility index (Phi) is 8.46. The van der Waals surface area contributed by atoms with E-state index < -0.39 is 6.10 Å². The molecule has 2 aromatic carbocycles. The van der Waals surface area contributed by atoms with Crippen LogP contribution in [-0.2, 0) is 11.2 Å². The zero-order valence-electron chi connectivity index (χ0n) is 18.8. The van der Waals surface area contributed by atoms with Crippen LogP contribution in [-0.4, -0.2) is 79.8 Å². The number of benzene rings is 2. The molecule has 6 nitrogen and oxygen atoms in total. The molecule has 1 atom stereocenters. The molecule has 0 aliphatic carbocycles. The van der Waals surface area contributed by atoms with Gasteiger partial charge in [-0.25, -0.2) is 0 Å². The minimum absolute atomic E-state index is 0.217. The molecule has 0 bridgehead atoms. The molecule has 1 heterocycles. The van der Waals surface area contributed by atoms with Gasteiger partial charge in [-0.2, -0.15) is 0 Å². The Morgan fingerprint density at radius 3 is 2.23 bits per heavy atom. The van der Waals surface area contributed by atoms with E-state index >= 15 is 0 Å². The summed E-state index contributed by atoms with van der Waals surface area (Å²) in [7, 11) is 1.60. The summed E-state index contributed by atoms with van der Waals surface area (Å²) >= 11 is 0. The maximum absolute atomic E-state index is 12.6. The monoisotopic (exact) mass is 426 g/mol. The van der Waals surface area contributed by atoms with Crippen LogP contribution >= 0.6 is 0 Å². The molecule has 1 fully saturated rings. The predicted octanol–water partition coefficient (Wildman–Crippen LogP) is 2.48. The fourth-order valence-electron chi connectivity index (χ4n) is 4.04. The highest BCUT2D eigenvalue weighted by Crippen LogP contribution is 2.25. The van der Waals surface area contributed by atoms with Gasteiger partial charge in [0.2, 0.25) is 0 Å². The van der Waals surface area contributed by atoms with Gasteiger partial charge in [0.15, 0.2) is 17.3 Å². The number of rotatable bonds is 10. The number of carbonyl (C=O) groups excluding carboxylic acids is 1. The van der Waals surface area contributed by atoms with E-state index in [1.807, 2.05) is 30.3 Å². The molecule has 0 spiro atoms. The van der Waals surface area contributed by atoms with Crippen LogP contribution in [0.25, 0.3) is 0 Å². The highest BCUT2D eigenvalue weighted by molar-refractivity contribution is 5.83. The summed E-state index contributed by atoms with van der Waals surface area (Å²) in [5, 5.41) is 10.4. The molecule has 0 aromatic heterocycles. The number of carbonyl (C=O) groups is 1. The van der Waals surface area contributed by atoms with Crippen LogP contribution in [0, 0.1) is 13.8 Å². The van der Waals surface area contributed by atoms with Crippen molar-refractivity contribution < 1.29 is 19.4 Å². The van der Waals surface area contributed by atoms with E-state index in [1.54, 1.807) is 7.11 Å². The lowest BCUT2D eigenvalue weighted by Crippen LogP contribution is -2.50. The summed E-state index contributed by atoms with van der Waals surface area (Å²) in [5.74, 6) is 1.56. The van der Waals surface area contributed by atoms with E-state index in [1.165, 1.54) is 11.1 Å². The number of aryl methyl sites for hydroxylation is 2. The van der Waals surface area contributed by atoms with Crippen LogP contribution < -0.4 is 9.47 Å². The van der Waals surface area contributed by atoms with Crippen LogP contribution in [0.1, 0.15) is 16.7 Å². The quantitative estimate of drug-likeness (QED) is 0.630. The van der Waals surface area contributed by atoms with Gasteiger partial charge in [-0.1, -0.05) is 30.3 Å². The number of hydrogen-bond acceptors (Lipinski definition) is 6. The van der Waals surface area contributed by atoms with Gasteiger partial charge in [-0.15, -0.1) is 0 Å². The van der Waals surface area contributed by atoms with Gasteiger partial charge in [-0.05, 0) is 42.7 Å². The fourth-order valence-corrected chi connectivity index (χ4v) is 4.04. The number of piperazine rings is 1. The Morgan fingerprint density at radius 1 is 0.968 bits per heavy atom. The van der Waals surface area contributed by atoms with E-state index in [2.05, 4.69) is 35.8 Å². The standard InChI is InChI=1S/C25H34N2O4/c1-19-7-6-8-20(2)23(19)15-21(28)16-26-11-13-27(14-12-26)17-22(29)18-31-25-10-5-4-9-24(25)30-3/h4-10,22,29H,11-18H2,1-3H3. The zero-order valence-corrected chi connectivity index (χ0v) is 18.8. The minimum atomic E-state index is -0.581. The maximum atomic E-state index is 12.6. The number of ether oxygens (including phenoxy) is 2. The van der Waals surface area contributed by atoms with Crippen molar-refractivity contribution in [1.82, 2.24) is 9.80 Å². The summed E-state index contributed by atoms with van der Waals surface area (Å²) in [4.78, 5) is 17.0. The number of Topliss-reactive ketones (excluding diaryl/α,β-unsaturated/α-hetero) is 1. The van der Waals surface area contributed by atoms with Gasteiger partial charge in [0.05, 0.1) is 13.7 Å². The second-order valence-corrected chi connectivity index (χ2v) is 8.28. The molecule has 0 radical (unpaired) electrons. The Balaban J connectivity index is 1.38. The van der Waals surface area contributed by atoms with Crippen molar-refractivity contribution in [2.24, 2.45) is 0 Å². The first-order chi connectivity index (χ1) is 15.0. The van der Waals surface area contributed by atoms with E-state index in [-0.39, 0.29) is 12.4 Å². The van der Waals surface area contributed by atoms with Crippen molar-refractivity contribution in [3.8, 4) is 11.5 Å².